The molecule has 0 aromatic rings. The minimum Gasteiger partial charge on any atom is -0.465 e. The molecule has 0 saturated heterocycles. The number of hydrogen-bond acceptors (Lipinski definition) is 5. The molecule has 5 heteroatoms. The van der Waals surface area contributed by atoms with Gasteiger partial charge in [0.05, 0.1) is 0 Å². The van der Waals surface area contributed by atoms with Crippen molar-refractivity contribution < 1.29 is 9.53 Å². The molecule has 82 valence electrons. The van der Waals surface area contributed by atoms with Crippen molar-refractivity contribution in [3.05, 3.63) is 0 Å². The Labute approximate surface area is 99.5 Å². The highest BCUT2D eigenvalue weighted by Crippen LogP contribution is 2.18. The Morgan fingerprint density at radius 2 is 2.00 bits per heavy atom. The molecule has 0 heterocycles. The van der Waals surface area contributed by atoms with E-state index in [2.05, 4.69) is 6.92 Å². The summed E-state index contributed by atoms with van der Waals surface area (Å²) in [5, 5.41) is 0. The molecule has 0 bridgehead atoms. The summed E-state index contributed by atoms with van der Waals surface area (Å²) < 4.78 is 5.74. The fourth-order valence-corrected chi connectivity index (χ4v) is 2.92. The standard InChI is InChI=1S/C9H16O2S3/c1-3-4-6-13-9(12)14-7-5-11-8(2)10/h3-7H2,1-2H3. The van der Waals surface area contributed by atoms with Crippen LogP contribution in [0.5, 0.6) is 0 Å². The quantitative estimate of drug-likeness (QED) is 0.411. The minimum absolute atomic E-state index is 0.227. The lowest BCUT2D eigenvalue weighted by atomic mass is 10.4. The zero-order valence-corrected chi connectivity index (χ0v) is 11.0. The van der Waals surface area contributed by atoms with Gasteiger partial charge in [-0.3, -0.25) is 4.79 Å². The number of ether oxygens (including phenoxy) is 1. The fraction of sp³-hybridized carbons (Fsp3) is 0.778. The highest BCUT2D eigenvalue weighted by Gasteiger charge is 1.99. The molecule has 0 amide bonds. The summed E-state index contributed by atoms with van der Waals surface area (Å²) in [4.78, 5) is 10.4. The van der Waals surface area contributed by atoms with Crippen LogP contribution in [0.4, 0.5) is 0 Å². The largest absolute Gasteiger partial charge is 0.465 e. The molecule has 2 nitrogen and oxygen atoms in total. The van der Waals surface area contributed by atoms with Crippen molar-refractivity contribution in [3.8, 4) is 0 Å². The molecule has 0 aromatic carbocycles. The van der Waals surface area contributed by atoms with Gasteiger partial charge in [0.25, 0.3) is 0 Å². The molecule has 14 heavy (non-hydrogen) atoms. The van der Waals surface area contributed by atoms with Crippen molar-refractivity contribution in [1.82, 2.24) is 0 Å². The Morgan fingerprint density at radius 1 is 1.36 bits per heavy atom. The van der Waals surface area contributed by atoms with Gasteiger partial charge in [0.15, 0.2) is 0 Å². The van der Waals surface area contributed by atoms with Crippen LogP contribution in [0.25, 0.3) is 0 Å². The Hall–Kier alpha value is 0.260. The van der Waals surface area contributed by atoms with Crippen molar-refractivity contribution in [2.45, 2.75) is 26.7 Å². The van der Waals surface area contributed by atoms with Crippen LogP contribution >= 0.6 is 35.7 Å². The predicted molar refractivity (Wildman–Crippen MR) is 69.1 cm³/mol. The molecular weight excluding hydrogens is 236 g/mol. The van der Waals surface area contributed by atoms with Gasteiger partial charge in [-0.2, -0.15) is 0 Å². The van der Waals surface area contributed by atoms with E-state index < -0.39 is 0 Å². The molecular formula is C9H16O2S3. The molecule has 0 N–H and O–H groups in total. The topological polar surface area (TPSA) is 26.3 Å². The zero-order chi connectivity index (χ0) is 10.8. The molecule has 0 aliphatic rings. The SMILES string of the molecule is CCCCSC(=S)SCCOC(C)=O. The molecule has 0 rings (SSSR count). The van der Waals surface area contributed by atoms with Gasteiger partial charge in [-0.15, -0.1) is 23.5 Å². The van der Waals surface area contributed by atoms with Gasteiger partial charge in [0.1, 0.15) is 10.1 Å². The number of thioether (sulfide) groups is 2. The second-order valence-corrected chi connectivity index (χ2v) is 6.03. The first-order valence-electron chi connectivity index (χ1n) is 4.59. The second kappa shape index (κ2) is 9.80. The lowest BCUT2D eigenvalue weighted by Gasteiger charge is -2.03. The Morgan fingerprint density at radius 3 is 2.57 bits per heavy atom. The highest BCUT2D eigenvalue weighted by atomic mass is 32.2. The lowest BCUT2D eigenvalue weighted by molar-refractivity contribution is -0.140. The lowest BCUT2D eigenvalue weighted by Crippen LogP contribution is -2.03. The monoisotopic (exact) mass is 252 g/mol. The van der Waals surface area contributed by atoms with Crippen LogP contribution in [0, 0.1) is 0 Å². The maximum Gasteiger partial charge on any atom is 0.302 e. The van der Waals surface area contributed by atoms with Crippen molar-refractivity contribution in [3.63, 3.8) is 0 Å². The summed E-state index contributed by atoms with van der Waals surface area (Å²) in [6, 6.07) is 0. The Kier molecular flexibility index (Phi) is 9.98. The molecule has 0 fully saturated rings. The van der Waals surface area contributed by atoms with Gasteiger partial charge in [-0.25, -0.2) is 0 Å². The third-order valence-corrected chi connectivity index (χ3v) is 4.08. The first kappa shape index (κ1) is 14.3. The van der Waals surface area contributed by atoms with Crippen LogP contribution in [0.1, 0.15) is 26.7 Å². The van der Waals surface area contributed by atoms with Gasteiger partial charge < -0.3 is 4.74 Å². The first-order chi connectivity index (χ1) is 6.66. The predicted octanol–water partition coefficient (Wildman–Crippen LogP) is 3.10. The molecule has 0 radical (unpaired) electrons. The Balaban J connectivity index is 3.22. The van der Waals surface area contributed by atoms with Gasteiger partial charge in [-0.1, -0.05) is 25.6 Å². The normalized spacial score (nSPS) is 9.86. The number of thiocarbonyl (C=S) groups is 1. The highest BCUT2D eigenvalue weighted by molar-refractivity contribution is 8.47. The van der Waals surface area contributed by atoms with Gasteiger partial charge in [-0.05, 0) is 12.2 Å². The average molecular weight is 252 g/mol. The van der Waals surface area contributed by atoms with Crippen LogP contribution < -0.4 is 0 Å². The van der Waals surface area contributed by atoms with Crippen LogP contribution in [0.2, 0.25) is 0 Å². The second-order valence-electron chi connectivity index (χ2n) is 2.64. The van der Waals surface area contributed by atoms with Crippen LogP contribution in [0.15, 0.2) is 0 Å². The fourth-order valence-electron chi connectivity index (χ4n) is 0.652. The molecule has 0 spiro atoms. The van der Waals surface area contributed by atoms with Crippen molar-refractivity contribution >= 4 is 45.2 Å². The number of esters is 1. The maximum absolute atomic E-state index is 10.4. The summed E-state index contributed by atoms with van der Waals surface area (Å²) in [6.07, 6.45) is 2.41. The third kappa shape index (κ3) is 10.3. The van der Waals surface area contributed by atoms with Gasteiger partial charge in [0.2, 0.25) is 0 Å². The molecule has 0 aromatic heterocycles. The summed E-state index contributed by atoms with van der Waals surface area (Å²) in [5.41, 5.74) is 0. The molecule has 0 aliphatic heterocycles. The van der Waals surface area contributed by atoms with Crippen LogP contribution in [-0.2, 0) is 9.53 Å². The molecule has 0 atom stereocenters. The van der Waals surface area contributed by atoms with Crippen molar-refractivity contribution in [1.29, 1.82) is 0 Å². The maximum atomic E-state index is 10.4. The van der Waals surface area contributed by atoms with Gasteiger partial charge >= 0.3 is 5.97 Å². The molecule has 0 aliphatic carbocycles. The van der Waals surface area contributed by atoms with Crippen LogP contribution in [-0.4, -0.2) is 27.6 Å². The van der Waals surface area contributed by atoms with E-state index in [1.807, 2.05) is 0 Å². The number of carbonyl (C=O) groups excluding carboxylic acids is 1. The zero-order valence-electron chi connectivity index (χ0n) is 8.58. The number of hydrogen-bond donors (Lipinski definition) is 0. The summed E-state index contributed by atoms with van der Waals surface area (Å²) >= 11 is 8.43. The first-order valence-corrected chi connectivity index (χ1v) is 6.97. The van der Waals surface area contributed by atoms with Crippen molar-refractivity contribution in [2.75, 3.05) is 18.1 Å². The van der Waals surface area contributed by atoms with Crippen LogP contribution in [0.3, 0.4) is 0 Å². The van der Waals surface area contributed by atoms with E-state index in [0.29, 0.717) is 6.61 Å². The summed E-state index contributed by atoms with van der Waals surface area (Å²) in [6.45, 7) is 4.03. The Bertz CT molecular complexity index is 183. The van der Waals surface area contributed by atoms with Crippen molar-refractivity contribution in [2.24, 2.45) is 0 Å². The van der Waals surface area contributed by atoms with Gasteiger partial charge in [0, 0.05) is 12.7 Å². The minimum atomic E-state index is -0.227. The van der Waals surface area contributed by atoms with E-state index in [0.717, 1.165) is 15.0 Å². The third-order valence-electron chi connectivity index (χ3n) is 1.33. The number of carbonyl (C=O) groups is 1. The summed E-state index contributed by atoms with van der Waals surface area (Å²) in [7, 11) is 0. The average Bonchev–Trinajstić information content (AvgIpc) is 2.13. The number of unbranched alkanes of at least 4 members (excludes halogenated alkanes) is 1. The van der Waals surface area contributed by atoms with E-state index in [4.69, 9.17) is 17.0 Å². The van der Waals surface area contributed by atoms with E-state index in [1.54, 1.807) is 23.5 Å². The van der Waals surface area contributed by atoms with E-state index >= 15 is 0 Å². The summed E-state index contributed by atoms with van der Waals surface area (Å²) in [5.74, 6) is 1.63. The molecule has 0 unspecified atom stereocenters. The van der Waals surface area contributed by atoms with E-state index in [9.17, 15) is 4.79 Å². The van der Waals surface area contributed by atoms with E-state index in [1.165, 1.54) is 19.8 Å². The molecule has 0 saturated carbocycles. The number of rotatable bonds is 6. The van der Waals surface area contributed by atoms with E-state index in [-0.39, 0.29) is 5.97 Å². The smallest absolute Gasteiger partial charge is 0.302 e.